The van der Waals surface area contributed by atoms with Gasteiger partial charge in [0.25, 0.3) is 15.9 Å². The van der Waals surface area contributed by atoms with E-state index < -0.39 is 45.2 Å². The van der Waals surface area contributed by atoms with Crippen LogP contribution in [0.25, 0.3) is 0 Å². The van der Waals surface area contributed by atoms with Gasteiger partial charge in [-0.1, -0.05) is 24.3 Å². The van der Waals surface area contributed by atoms with E-state index >= 15 is 0 Å². The maximum atomic E-state index is 13.3. The fraction of sp³-hybridized carbons (Fsp3) is 0.188. The largest absolute Gasteiger partial charge is 0.476 e. The fourth-order valence-corrected chi connectivity index (χ4v) is 4.31. The summed E-state index contributed by atoms with van der Waals surface area (Å²) in [5.41, 5.74) is 3.94. The van der Waals surface area contributed by atoms with Crippen molar-refractivity contribution in [3.63, 3.8) is 0 Å². The first-order valence-corrected chi connectivity index (χ1v) is 8.80. The Balaban J connectivity index is 2.18. The van der Waals surface area contributed by atoms with Crippen LogP contribution in [0.15, 0.2) is 53.4 Å². The number of halogens is 3. The molecule has 1 atom stereocenters. The third kappa shape index (κ3) is 3.07. The average molecular weight is 386 g/mol. The molecule has 0 radical (unpaired) electrons. The van der Waals surface area contributed by atoms with Crippen LogP contribution in [0.5, 0.6) is 5.75 Å². The zero-order valence-corrected chi connectivity index (χ0v) is 13.9. The first-order chi connectivity index (χ1) is 12.1. The van der Waals surface area contributed by atoms with Crippen LogP contribution in [0.2, 0.25) is 0 Å². The number of rotatable bonds is 3. The maximum Gasteiger partial charge on any atom is 0.417 e. The SMILES string of the molecule is NC(=O)[C@@H]1CN(S(=O)(=O)c2ccccc2C(F)(F)F)c2ccccc2O1. The molecule has 0 aromatic heterocycles. The van der Waals surface area contributed by atoms with Crippen molar-refractivity contribution in [2.24, 2.45) is 5.73 Å². The molecule has 1 heterocycles. The molecule has 0 saturated heterocycles. The second kappa shape index (κ2) is 6.20. The monoisotopic (exact) mass is 386 g/mol. The van der Waals surface area contributed by atoms with Crippen LogP contribution < -0.4 is 14.8 Å². The molecule has 3 rings (SSSR count). The standard InChI is InChI=1S/C16H13F3N2O4S/c17-16(18,19)10-5-1-4-8-14(10)26(23,24)21-9-13(15(20)22)25-12-7-3-2-6-11(12)21/h1-8,13H,9H2,(H2,20,22)/t13-/m0/s1. The number of para-hydroxylation sites is 2. The summed E-state index contributed by atoms with van der Waals surface area (Å²) < 4.78 is 71.9. The van der Waals surface area contributed by atoms with Crippen LogP contribution in [0, 0.1) is 0 Å². The predicted octanol–water partition coefficient (Wildman–Crippen LogP) is 2.15. The molecule has 0 fully saturated rings. The molecule has 1 aliphatic heterocycles. The maximum absolute atomic E-state index is 13.3. The van der Waals surface area contributed by atoms with Crippen LogP contribution in [-0.2, 0) is 21.0 Å². The molecule has 10 heteroatoms. The van der Waals surface area contributed by atoms with Crippen molar-refractivity contribution in [1.82, 2.24) is 0 Å². The van der Waals surface area contributed by atoms with Crippen molar-refractivity contribution >= 4 is 21.6 Å². The fourth-order valence-electron chi connectivity index (χ4n) is 2.62. The molecule has 0 unspecified atom stereocenters. The number of primary amides is 1. The molecule has 2 N–H and O–H groups in total. The Morgan fingerprint density at radius 1 is 1.12 bits per heavy atom. The topological polar surface area (TPSA) is 89.7 Å². The minimum absolute atomic E-state index is 0.0296. The van der Waals surface area contributed by atoms with E-state index in [1.807, 2.05) is 0 Å². The highest BCUT2D eigenvalue weighted by Gasteiger charge is 2.42. The molecule has 0 saturated carbocycles. The normalized spacial score (nSPS) is 17.3. The Morgan fingerprint density at radius 2 is 1.73 bits per heavy atom. The molecule has 6 nitrogen and oxygen atoms in total. The molecule has 138 valence electrons. The Morgan fingerprint density at radius 3 is 2.38 bits per heavy atom. The number of alkyl halides is 3. The number of hydrogen-bond acceptors (Lipinski definition) is 4. The minimum Gasteiger partial charge on any atom is -0.476 e. The van der Waals surface area contributed by atoms with E-state index in [1.165, 1.54) is 30.3 Å². The quantitative estimate of drug-likeness (QED) is 0.875. The minimum atomic E-state index is -4.86. The third-order valence-electron chi connectivity index (χ3n) is 3.81. The molecule has 26 heavy (non-hydrogen) atoms. The van der Waals surface area contributed by atoms with E-state index in [2.05, 4.69) is 0 Å². The number of fused-ring (bicyclic) bond motifs is 1. The number of sulfonamides is 1. The van der Waals surface area contributed by atoms with Gasteiger partial charge in [-0.2, -0.15) is 13.2 Å². The summed E-state index contributed by atoms with van der Waals surface area (Å²) in [5, 5.41) is 0. The second-order valence-electron chi connectivity index (χ2n) is 5.51. The smallest absolute Gasteiger partial charge is 0.417 e. The number of anilines is 1. The summed E-state index contributed by atoms with van der Waals surface area (Å²) in [7, 11) is -4.63. The van der Waals surface area contributed by atoms with Gasteiger partial charge in [0.2, 0.25) is 0 Å². The Bertz CT molecular complexity index is 960. The summed E-state index contributed by atoms with van der Waals surface area (Å²) in [6.07, 6.45) is -6.18. The number of nitrogens with zero attached hydrogens (tertiary/aromatic N) is 1. The second-order valence-corrected chi connectivity index (χ2v) is 7.34. The van der Waals surface area contributed by atoms with Gasteiger partial charge < -0.3 is 10.5 Å². The molecule has 1 amide bonds. The molecule has 2 aromatic rings. The van der Waals surface area contributed by atoms with Gasteiger partial charge in [-0.3, -0.25) is 9.10 Å². The molecule has 0 bridgehead atoms. The zero-order chi connectivity index (χ0) is 19.1. The lowest BCUT2D eigenvalue weighted by atomic mass is 10.2. The van der Waals surface area contributed by atoms with Crippen molar-refractivity contribution in [3.05, 3.63) is 54.1 Å². The highest BCUT2D eigenvalue weighted by atomic mass is 32.2. The number of hydrogen-bond donors (Lipinski definition) is 1. The van der Waals surface area contributed by atoms with Crippen LogP contribution in [0.4, 0.5) is 18.9 Å². The van der Waals surface area contributed by atoms with Crippen LogP contribution >= 0.6 is 0 Å². The molecular formula is C16H13F3N2O4S. The van der Waals surface area contributed by atoms with Gasteiger partial charge in [0, 0.05) is 0 Å². The van der Waals surface area contributed by atoms with E-state index in [4.69, 9.17) is 10.5 Å². The van der Waals surface area contributed by atoms with Crippen molar-refractivity contribution in [1.29, 1.82) is 0 Å². The molecule has 2 aromatic carbocycles. The van der Waals surface area contributed by atoms with Gasteiger partial charge in [-0.25, -0.2) is 8.42 Å². The number of ether oxygens (including phenoxy) is 1. The van der Waals surface area contributed by atoms with Gasteiger partial charge in [0.15, 0.2) is 6.10 Å². The summed E-state index contributed by atoms with van der Waals surface area (Å²) in [5.74, 6) is -0.889. The summed E-state index contributed by atoms with van der Waals surface area (Å²) in [4.78, 5) is 10.6. The van der Waals surface area contributed by atoms with E-state index in [0.717, 1.165) is 12.1 Å². The number of carbonyl (C=O) groups is 1. The van der Waals surface area contributed by atoms with Gasteiger partial charge >= 0.3 is 6.18 Å². The van der Waals surface area contributed by atoms with Gasteiger partial charge in [0.1, 0.15) is 5.75 Å². The average Bonchev–Trinajstić information content (AvgIpc) is 2.60. The summed E-state index contributed by atoms with van der Waals surface area (Å²) >= 11 is 0. The number of benzene rings is 2. The first kappa shape index (κ1) is 18.1. The lowest BCUT2D eigenvalue weighted by molar-refractivity contribution is -0.139. The highest BCUT2D eigenvalue weighted by molar-refractivity contribution is 7.93. The Hall–Kier alpha value is -2.75. The number of carbonyl (C=O) groups excluding carboxylic acids is 1. The van der Waals surface area contributed by atoms with Crippen molar-refractivity contribution in [3.8, 4) is 5.75 Å². The highest BCUT2D eigenvalue weighted by Crippen LogP contribution is 2.40. The van der Waals surface area contributed by atoms with Crippen LogP contribution in [0.1, 0.15) is 5.56 Å². The van der Waals surface area contributed by atoms with E-state index in [1.54, 1.807) is 0 Å². The van der Waals surface area contributed by atoms with Gasteiger partial charge in [-0.05, 0) is 24.3 Å². The van der Waals surface area contributed by atoms with Crippen molar-refractivity contribution in [2.75, 3.05) is 10.8 Å². The van der Waals surface area contributed by atoms with E-state index in [-0.39, 0.29) is 11.4 Å². The van der Waals surface area contributed by atoms with Crippen LogP contribution in [-0.4, -0.2) is 27.0 Å². The predicted molar refractivity (Wildman–Crippen MR) is 86.0 cm³/mol. The number of nitrogens with two attached hydrogens (primary N) is 1. The molecule has 0 aliphatic carbocycles. The zero-order valence-electron chi connectivity index (χ0n) is 13.1. The lowest BCUT2D eigenvalue weighted by Gasteiger charge is -2.34. The van der Waals surface area contributed by atoms with Crippen molar-refractivity contribution in [2.45, 2.75) is 17.2 Å². The number of amides is 1. The molecule has 1 aliphatic rings. The molecule has 0 spiro atoms. The van der Waals surface area contributed by atoms with Crippen LogP contribution in [0.3, 0.4) is 0 Å². The summed E-state index contributed by atoms with van der Waals surface area (Å²) in [6.45, 7) is -0.527. The van der Waals surface area contributed by atoms with Gasteiger partial charge in [-0.15, -0.1) is 0 Å². The summed E-state index contributed by atoms with van der Waals surface area (Å²) in [6, 6.07) is 9.67. The van der Waals surface area contributed by atoms with Gasteiger partial charge in [0.05, 0.1) is 22.7 Å². The Labute approximate surface area is 147 Å². The molecular weight excluding hydrogens is 373 g/mol. The first-order valence-electron chi connectivity index (χ1n) is 7.36. The van der Waals surface area contributed by atoms with E-state index in [0.29, 0.717) is 10.4 Å². The Kier molecular flexibility index (Phi) is 4.31. The lowest BCUT2D eigenvalue weighted by Crippen LogP contribution is -2.49. The third-order valence-corrected chi connectivity index (χ3v) is 5.65. The van der Waals surface area contributed by atoms with E-state index in [9.17, 15) is 26.4 Å². The van der Waals surface area contributed by atoms with Crippen molar-refractivity contribution < 1.29 is 31.1 Å².